The van der Waals surface area contributed by atoms with Gasteiger partial charge in [-0.2, -0.15) is 0 Å². The van der Waals surface area contributed by atoms with E-state index in [9.17, 15) is 9.18 Å². The second-order valence-electron chi connectivity index (χ2n) is 9.40. The third kappa shape index (κ3) is 5.21. The highest BCUT2D eigenvalue weighted by molar-refractivity contribution is 5.78. The van der Waals surface area contributed by atoms with Crippen LogP contribution in [0.5, 0.6) is 5.75 Å². The number of carbonyl (C=O) groups excluding carboxylic acids is 1. The van der Waals surface area contributed by atoms with Gasteiger partial charge in [0.05, 0.1) is 5.69 Å². The molecule has 1 atom stereocenters. The second-order valence-corrected chi connectivity index (χ2v) is 9.40. The zero-order valence-electron chi connectivity index (χ0n) is 19.9. The van der Waals surface area contributed by atoms with Crippen LogP contribution in [0.2, 0.25) is 0 Å². The van der Waals surface area contributed by atoms with Gasteiger partial charge in [-0.3, -0.25) is 4.79 Å². The number of fused-ring (bicyclic) bond motifs is 1. The Kier molecular flexibility index (Phi) is 6.80. The Labute approximate surface area is 205 Å². The van der Waals surface area contributed by atoms with E-state index in [2.05, 4.69) is 11.9 Å². The molecule has 4 aromatic rings. The summed E-state index contributed by atoms with van der Waals surface area (Å²) in [6.07, 6.45) is 6.02. The molecule has 0 N–H and O–H groups in total. The van der Waals surface area contributed by atoms with Crippen LogP contribution < -0.4 is 4.74 Å². The number of likely N-dealkylation sites (tertiary alicyclic amines) is 1. The number of carbonyl (C=O) groups is 1. The molecule has 2 aromatic heterocycles. The van der Waals surface area contributed by atoms with Crippen molar-refractivity contribution in [3.05, 3.63) is 102 Å². The molecule has 1 fully saturated rings. The fourth-order valence-electron chi connectivity index (χ4n) is 4.79. The summed E-state index contributed by atoms with van der Waals surface area (Å²) in [7, 11) is 0. The first-order valence-corrected chi connectivity index (χ1v) is 12.2. The molecule has 0 saturated carbocycles. The summed E-state index contributed by atoms with van der Waals surface area (Å²) in [6, 6.07) is 20.3. The van der Waals surface area contributed by atoms with Gasteiger partial charge in [0, 0.05) is 37.8 Å². The van der Waals surface area contributed by atoms with Crippen molar-refractivity contribution in [1.29, 1.82) is 0 Å². The van der Waals surface area contributed by atoms with Crippen LogP contribution in [0.15, 0.2) is 79.1 Å². The molecule has 180 valence electrons. The highest BCUT2D eigenvalue weighted by Gasteiger charge is 2.27. The van der Waals surface area contributed by atoms with Gasteiger partial charge in [-0.15, -0.1) is 0 Å². The van der Waals surface area contributed by atoms with E-state index < -0.39 is 0 Å². The maximum Gasteiger partial charge on any atom is 0.223 e. The number of piperidine rings is 1. The Hall–Kier alpha value is -3.67. The second kappa shape index (κ2) is 10.3. The molecular weight excluding hydrogens is 441 g/mol. The van der Waals surface area contributed by atoms with Gasteiger partial charge in [0.15, 0.2) is 11.4 Å². The summed E-state index contributed by atoms with van der Waals surface area (Å²) >= 11 is 0. The molecule has 5 rings (SSSR count). The SMILES string of the molecule is CC1CCN(C(=O)CC(c2cccc(F)c2)c2cnc3c(OCc4ccccc4)cccn23)CC1. The van der Waals surface area contributed by atoms with Crippen molar-refractivity contribution in [2.45, 2.75) is 38.7 Å². The number of pyridine rings is 1. The van der Waals surface area contributed by atoms with Crippen molar-refractivity contribution < 1.29 is 13.9 Å². The predicted octanol–water partition coefficient (Wildman–Crippen LogP) is 5.83. The van der Waals surface area contributed by atoms with Gasteiger partial charge in [-0.25, -0.2) is 9.37 Å². The van der Waals surface area contributed by atoms with Gasteiger partial charge < -0.3 is 14.0 Å². The van der Waals surface area contributed by atoms with Gasteiger partial charge in [0.2, 0.25) is 5.91 Å². The number of halogens is 1. The number of ether oxygens (including phenoxy) is 1. The topological polar surface area (TPSA) is 46.8 Å². The molecule has 2 aromatic carbocycles. The zero-order chi connectivity index (χ0) is 24.2. The van der Waals surface area contributed by atoms with E-state index in [0.717, 1.165) is 42.8 Å². The summed E-state index contributed by atoms with van der Waals surface area (Å²) in [5.41, 5.74) is 3.36. The smallest absolute Gasteiger partial charge is 0.223 e. The lowest BCUT2D eigenvalue weighted by molar-refractivity contribution is -0.132. The summed E-state index contributed by atoms with van der Waals surface area (Å²) in [6.45, 7) is 4.22. The van der Waals surface area contributed by atoms with Crippen molar-refractivity contribution in [1.82, 2.24) is 14.3 Å². The third-order valence-corrected chi connectivity index (χ3v) is 6.89. The molecule has 1 aliphatic heterocycles. The normalized spacial score (nSPS) is 15.3. The Bertz CT molecular complexity index is 1300. The first-order valence-electron chi connectivity index (χ1n) is 12.2. The van der Waals surface area contributed by atoms with Crippen LogP contribution in [-0.2, 0) is 11.4 Å². The van der Waals surface area contributed by atoms with E-state index in [4.69, 9.17) is 4.74 Å². The molecule has 0 spiro atoms. The van der Waals surface area contributed by atoms with E-state index in [1.54, 1.807) is 12.3 Å². The van der Waals surface area contributed by atoms with E-state index >= 15 is 0 Å². The molecule has 35 heavy (non-hydrogen) atoms. The standard InChI is InChI=1S/C29H30FN3O2/c1-21-12-15-32(16-13-21)28(34)18-25(23-9-5-10-24(30)17-23)26-19-31-29-27(11-6-14-33(26)29)35-20-22-7-3-2-4-8-22/h2-11,14,17,19,21,25H,12-13,15-16,18,20H2,1H3. The minimum atomic E-state index is -0.322. The highest BCUT2D eigenvalue weighted by atomic mass is 19.1. The summed E-state index contributed by atoms with van der Waals surface area (Å²) in [4.78, 5) is 19.9. The minimum Gasteiger partial charge on any atom is -0.485 e. The number of hydrogen-bond donors (Lipinski definition) is 0. The number of amides is 1. The Morgan fingerprint density at radius 1 is 1.09 bits per heavy atom. The van der Waals surface area contributed by atoms with E-state index in [1.165, 1.54) is 12.1 Å². The van der Waals surface area contributed by atoms with Crippen LogP contribution in [0, 0.1) is 11.7 Å². The van der Waals surface area contributed by atoms with Crippen LogP contribution in [0.4, 0.5) is 4.39 Å². The van der Waals surface area contributed by atoms with E-state index in [1.807, 2.05) is 64.0 Å². The fourth-order valence-corrected chi connectivity index (χ4v) is 4.79. The zero-order valence-corrected chi connectivity index (χ0v) is 19.9. The van der Waals surface area contributed by atoms with Crippen LogP contribution in [0.3, 0.4) is 0 Å². The number of benzene rings is 2. The lowest BCUT2D eigenvalue weighted by Gasteiger charge is -2.31. The maximum absolute atomic E-state index is 14.2. The minimum absolute atomic E-state index is 0.0950. The lowest BCUT2D eigenvalue weighted by Crippen LogP contribution is -2.38. The molecule has 0 radical (unpaired) electrons. The molecule has 5 nitrogen and oxygen atoms in total. The molecule has 1 unspecified atom stereocenters. The van der Waals surface area contributed by atoms with E-state index in [-0.39, 0.29) is 24.1 Å². The van der Waals surface area contributed by atoms with Crippen LogP contribution >= 0.6 is 0 Å². The molecule has 1 aliphatic rings. The summed E-state index contributed by atoms with van der Waals surface area (Å²) < 4.78 is 22.3. The molecular formula is C29H30FN3O2. The molecule has 1 amide bonds. The van der Waals surface area contributed by atoms with Crippen LogP contribution in [0.1, 0.15) is 48.9 Å². The quantitative estimate of drug-likeness (QED) is 0.341. The number of aromatic nitrogens is 2. The number of hydrogen-bond acceptors (Lipinski definition) is 3. The average Bonchev–Trinajstić information content (AvgIpc) is 3.31. The lowest BCUT2D eigenvalue weighted by atomic mass is 9.91. The Morgan fingerprint density at radius 2 is 1.89 bits per heavy atom. The average molecular weight is 472 g/mol. The van der Waals surface area contributed by atoms with Crippen molar-refractivity contribution in [3.8, 4) is 5.75 Å². The van der Waals surface area contributed by atoms with Crippen molar-refractivity contribution in [2.24, 2.45) is 5.92 Å². The maximum atomic E-state index is 14.2. The van der Waals surface area contributed by atoms with Gasteiger partial charge in [-0.1, -0.05) is 49.4 Å². The Morgan fingerprint density at radius 3 is 2.66 bits per heavy atom. The first-order chi connectivity index (χ1) is 17.1. The van der Waals surface area contributed by atoms with Gasteiger partial charge >= 0.3 is 0 Å². The van der Waals surface area contributed by atoms with Crippen molar-refractivity contribution in [3.63, 3.8) is 0 Å². The molecule has 0 bridgehead atoms. The van der Waals surface area contributed by atoms with Crippen LogP contribution in [-0.4, -0.2) is 33.3 Å². The van der Waals surface area contributed by atoms with Gasteiger partial charge in [0.25, 0.3) is 0 Å². The molecule has 1 saturated heterocycles. The molecule has 3 heterocycles. The van der Waals surface area contributed by atoms with Crippen LogP contribution in [0.25, 0.3) is 5.65 Å². The monoisotopic (exact) mass is 471 g/mol. The summed E-state index contributed by atoms with van der Waals surface area (Å²) in [5.74, 6) is 0.769. The highest BCUT2D eigenvalue weighted by Crippen LogP contribution is 2.32. The molecule has 6 heteroatoms. The van der Waals surface area contributed by atoms with Gasteiger partial charge in [0.1, 0.15) is 12.4 Å². The molecule has 0 aliphatic carbocycles. The van der Waals surface area contributed by atoms with Gasteiger partial charge in [-0.05, 0) is 54.2 Å². The van der Waals surface area contributed by atoms with E-state index in [0.29, 0.717) is 23.9 Å². The largest absolute Gasteiger partial charge is 0.485 e. The fraction of sp³-hybridized carbons (Fsp3) is 0.310. The van der Waals surface area contributed by atoms with Crippen molar-refractivity contribution in [2.75, 3.05) is 13.1 Å². The number of rotatable bonds is 7. The summed E-state index contributed by atoms with van der Waals surface area (Å²) in [5, 5.41) is 0. The number of nitrogens with zero attached hydrogens (tertiary/aromatic N) is 3. The number of imidazole rings is 1. The third-order valence-electron chi connectivity index (χ3n) is 6.89. The Balaban J connectivity index is 1.45. The van der Waals surface area contributed by atoms with Crippen molar-refractivity contribution >= 4 is 11.6 Å². The predicted molar refractivity (Wildman–Crippen MR) is 134 cm³/mol. The first kappa shape index (κ1) is 23.1.